The first kappa shape index (κ1) is 14.6. The Morgan fingerprint density at radius 1 is 1.44 bits per heavy atom. The second-order valence-electron chi connectivity index (χ2n) is 4.42. The summed E-state index contributed by atoms with van der Waals surface area (Å²) in [7, 11) is 0. The van der Waals surface area contributed by atoms with Crippen LogP contribution in [0.25, 0.3) is 0 Å². The van der Waals surface area contributed by atoms with E-state index in [0.717, 1.165) is 12.1 Å². The van der Waals surface area contributed by atoms with Crippen molar-refractivity contribution in [1.82, 2.24) is 15.2 Å². The minimum Gasteiger partial charge on any atom is -0.336 e. The summed E-state index contributed by atoms with van der Waals surface area (Å²) in [5.74, 6) is 0.128. The first-order chi connectivity index (χ1) is 8.67. The third-order valence-electron chi connectivity index (χ3n) is 3.03. The van der Waals surface area contributed by atoms with Crippen molar-refractivity contribution in [2.24, 2.45) is 0 Å². The number of hydrogen-bond donors (Lipinski definition) is 1. The van der Waals surface area contributed by atoms with Gasteiger partial charge in [0.1, 0.15) is 0 Å². The largest absolute Gasteiger partial charge is 0.336 e. The summed E-state index contributed by atoms with van der Waals surface area (Å²) in [6.45, 7) is 7.87. The molecule has 0 aliphatic carbocycles. The molecule has 1 amide bonds. The molecular weight excluding hydrogens is 226 g/mol. The van der Waals surface area contributed by atoms with Crippen molar-refractivity contribution < 1.29 is 4.79 Å². The van der Waals surface area contributed by atoms with E-state index in [2.05, 4.69) is 24.1 Å². The topological polar surface area (TPSA) is 45.2 Å². The summed E-state index contributed by atoms with van der Waals surface area (Å²) in [6.07, 6.45) is 2.78. The molecule has 0 aliphatic rings. The molecule has 100 valence electrons. The summed E-state index contributed by atoms with van der Waals surface area (Å²) >= 11 is 0. The van der Waals surface area contributed by atoms with Crippen molar-refractivity contribution in [1.29, 1.82) is 0 Å². The third kappa shape index (κ3) is 4.84. The number of aromatic nitrogens is 1. The lowest BCUT2D eigenvalue weighted by atomic mass is 10.2. The number of amides is 1. The van der Waals surface area contributed by atoms with Crippen molar-refractivity contribution >= 4 is 5.91 Å². The maximum absolute atomic E-state index is 12.0. The van der Waals surface area contributed by atoms with Crippen LogP contribution in [0.2, 0.25) is 0 Å². The van der Waals surface area contributed by atoms with Crippen LogP contribution >= 0.6 is 0 Å². The van der Waals surface area contributed by atoms with E-state index in [9.17, 15) is 4.79 Å². The average molecular weight is 249 g/mol. The molecule has 0 spiro atoms. The first-order valence-electron chi connectivity index (χ1n) is 6.58. The van der Waals surface area contributed by atoms with E-state index in [0.29, 0.717) is 25.7 Å². The number of carbonyl (C=O) groups excluding carboxylic acids is 1. The normalized spacial score (nSPS) is 12.2. The Morgan fingerprint density at radius 3 is 2.78 bits per heavy atom. The molecule has 1 N–H and O–H groups in total. The van der Waals surface area contributed by atoms with Crippen LogP contribution in [0.5, 0.6) is 0 Å². The number of carbonyl (C=O) groups is 1. The zero-order valence-electron chi connectivity index (χ0n) is 11.5. The molecule has 0 aliphatic heterocycles. The molecule has 1 atom stereocenters. The monoisotopic (exact) mass is 249 g/mol. The fourth-order valence-corrected chi connectivity index (χ4v) is 1.58. The molecule has 0 radical (unpaired) electrons. The van der Waals surface area contributed by atoms with Gasteiger partial charge in [0.25, 0.3) is 0 Å². The van der Waals surface area contributed by atoms with Gasteiger partial charge in [-0.25, -0.2) is 0 Å². The SMILES string of the molecule is CCC(C)NCC(=O)N(CC)Cc1ccccn1. The van der Waals surface area contributed by atoms with Gasteiger partial charge in [0.05, 0.1) is 18.8 Å². The van der Waals surface area contributed by atoms with Crippen molar-refractivity contribution in [3.05, 3.63) is 30.1 Å². The predicted molar refractivity (Wildman–Crippen MR) is 73.1 cm³/mol. The van der Waals surface area contributed by atoms with Gasteiger partial charge in [-0.05, 0) is 32.4 Å². The van der Waals surface area contributed by atoms with Crippen LogP contribution in [0.1, 0.15) is 32.9 Å². The lowest BCUT2D eigenvalue weighted by Gasteiger charge is -2.21. The fourth-order valence-electron chi connectivity index (χ4n) is 1.58. The van der Waals surface area contributed by atoms with Crippen LogP contribution in [-0.4, -0.2) is 34.9 Å². The standard InChI is InChI=1S/C14H23N3O/c1-4-12(3)16-10-14(18)17(5-2)11-13-8-6-7-9-15-13/h6-9,12,16H,4-5,10-11H2,1-3H3. The van der Waals surface area contributed by atoms with Crippen molar-refractivity contribution in [3.8, 4) is 0 Å². The summed E-state index contributed by atoms with van der Waals surface area (Å²) in [5.41, 5.74) is 0.927. The third-order valence-corrected chi connectivity index (χ3v) is 3.03. The lowest BCUT2D eigenvalue weighted by Crippen LogP contribution is -2.40. The molecule has 18 heavy (non-hydrogen) atoms. The van der Waals surface area contributed by atoms with Gasteiger partial charge in [0.15, 0.2) is 0 Å². The highest BCUT2D eigenvalue weighted by atomic mass is 16.2. The van der Waals surface area contributed by atoms with Gasteiger partial charge < -0.3 is 10.2 Å². The highest BCUT2D eigenvalue weighted by molar-refractivity contribution is 5.78. The van der Waals surface area contributed by atoms with Crippen molar-refractivity contribution in [3.63, 3.8) is 0 Å². The van der Waals surface area contributed by atoms with E-state index in [4.69, 9.17) is 0 Å². The minimum absolute atomic E-state index is 0.128. The summed E-state index contributed by atoms with van der Waals surface area (Å²) in [5, 5.41) is 3.22. The smallest absolute Gasteiger partial charge is 0.236 e. The van der Waals surface area contributed by atoms with Crippen molar-refractivity contribution in [2.45, 2.75) is 39.8 Å². The Morgan fingerprint density at radius 2 is 2.22 bits per heavy atom. The Labute approximate surface area is 109 Å². The maximum Gasteiger partial charge on any atom is 0.236 e. The molecule has 1 unspecified atom stereocenters. The molecule has 1 rings (SSSR count). The molecular formula is C14H23N3O. The Hall–Kier alpha value is -1.42. The van der Waals surface area contributed by atoms with Gasteiger partial charge in [-0.15, -0.1) is 0 Å². The van der Waals surface area contributed by atoms with E-state index in [1.807, 2.05) is 30.0 Å². The maximum atomic E-state index is 12.0. The number of nitrogens with zero attached hydrogens (tertiary/aromatic N) is 2. The Balaban J connectivity index is 2.48. The number of likely N-dealkylation sites (N-methyl/N-ethyl adjacent to an activating group) is 1. The van der Waals surface area contributed by atoms with Gasteiger partial charge in [-0.2, -0.15) is 0 Å². The van der Waals surface area contributed by atoms with Crippen LogP contribution in [-0.2, 0) is 11.3 Å². The summed E-state index contributed by atoms with van der Waals surface area (Å²) in [6, 6.07) is 6.14. The molecule has 1 aromatic heterocycles. The van der Waals surface area contributed by atoms with Crippen LogP contribution < -0.4 is 5.32 Å². The number of hydrogen-bond acceptors (Lipinski definition) is 3. The van der Waals surface area contributed by atoms with Crippen LogP contribution in [0.3, 0.4) is 0 Å². The van der Waals surface area contributed by atoms with Gasteiger partial charge in [0.2, 0.25) is 5.91 Å². The van der Waals surface area contributed by atoms with Crippen LogP contribution in [0, 0.1) is 0 Å². The van der Waals surface area contributed by atoms with Gasteiger partial charge in [0, 0.05) is 18.8 Å². The number of pyridine rings is 1. The fraction of sp³-hybridized carbons (Fsp3) is 0.571. The Bertz CT molecular complexity index is 353. The minimum atomic E-state index is 0.128. The van der Waals surface area contributed by atoms with E-state index in [1.165, 1.54) is 0 Å². The molecule has 4 heteroatoms. The summed E-state index contributed by atoms with van der Waals surface area (Å²) in [4.78, 5) is 18.1. The van der Waals surface area contributed by atoms with E-state index >= 15 is 0 Å². The highest BCUT2D eigenvalue weighted by Crippen LogP contribution is 2.01. The lowest BCUT2D eigenvalue weighted by molar-refractivity contribution is -0.130. The number of nitrogens with one attached hydrogen (secondary N) is 1. The summed E-state index contributed by atoms with van der Waals surface area (Å²) < 4.78 is 0. The van der Waals surface area contributed by atoms with Crippen molar-refractivity contribution in [2.75, 3.05) is 13.1 Å². The molecule has 0 saturated carbocycles. The van der Waals surface area contributed by atoms with Gasteiger partial charge in [-0.1, -0.05) is 13.0 Å². The molecule has 1 heterocycles. The van der Waals surface area contributed by atoms with Crippen LogP contribution in [0.4, 0.5) is 0 Å². The van der Waals surface area contributed by atoms with E-state index < -0.39 is 0 Å². The average Bonchev–Trinajstić information content (AvgIpc) is 2.42. The zero-order chi connectivity index (χ0) is 13.4. The second kappa shape index (κ2) is 7.82. The molecule has 4 nitrogen and oxygen atoms in total. The van der Waals surface area contributed by atoms with E-state index in [-0.39, 0.29) is 5.91 Å². The molecule has 1 aromatic rings. The molecule has 0 saturated heterocycles. The molecule has 0 bridgehead atoms. The molecule has 0 aromatic carbocycles. The molecule has 0 fully saturated rings. The quantitative estimate of drug-likeness (QED) is 0.801. The van der Waals surface area contributed by atoms with Crippen LogP contribution in [0.15, 0.2) is 24.4 Å². The second-order valence-corrected chi connectivity index (χ2v) is 4.42. The van der Waals surface area contributed by atoms with Gasteiger partial charge >= 0.3 is 0 Å². The highest BCUT2D eigenvalue weighted by Gasteiger charge is 2.12. The van der Waals surface area contributed by atoms with Gasteiger partial charge in [-0.3, -0.25) is 9.78 Å². The predicted octanol–water partition coefficient (Wildman–Crippen LogP) is 1.82. The first-order valence-corrected chi connectivity index (χ1v) is 6.58. The number of rotatable bonds is 7. The Kier molecular flexibility index (Phi) is 6.36. The van der Waals surface area contributed by atoms with E-state index in [1.54, 1.807) is 6.20 Å². The zero-order valence-corrected chi connectivity index (χ0v) is 11.5.